The van der Waals surface area contributed by atoms with Crippen molar-refractivity contribution in [2.75, 3.05) is 0 Å². The predicted octanol–water partition coefficient (Wildman–Crippen LogP) is 4.39. The summed E-state index contributed by atoms with van der Waals surface area (Å²) < 4.78 is 7.70. The van der Waals surface area contributed by atoms with Gasteiger partial charge in [0, 0.05) is 11.7 Å². The van der Waals surface area contributed by atoms with Crippen molar-refractivity contribution in [2.24, 2.45) is 0 Å². The van der Waals surface area contributed by atoms with Crippen molar-refractivity contribution in [3.8, 4) is 0 Å². The number of carbonyl (C=O) groups excluding carboxylic acids is 1. The Hall–Kier alpha value is -1.77. The first-order valence-corrected chi connectivity index (χ1v) is 7.93. The fraction of sp³-hybridized carbons (Fsp3) is 0.500. The van der Waals surface area contributed by atoms with Gasteiger partial charge in [0.2, 0.25) is 0 Å². The van der Waals surface area contributed by atoms with E-state index in [0.717, 1.165) is 18.4 Å². The van der Waals surface area contributed by atoms with Crippen molar-refractivity contribution in [1.82, 2.24) is 4.57 Å². The van der Waals surface area contributed by atoms with Gasteiger partial charge in [0.1, 0.15) is 12.1 Å². The molecule has 2 aromatic rings. The predicted molar refractivity (Wildman–Crippen MR) is 84.4 cm³/mol. The second-order valence-corrected chi connectivity index (χ2v) is 6.16. The van der Waals surface area contributed by atoms with Gasteiger partial charge >= 0.3 is 5.97 Å². The summed E-state index contributed by atoms with van der Waals surface area (Å²) >= 11 is 0. The lowest BCUT2D eigenvalue weighted by atomic mass is 9.98. The highest BCUT2D eigenvalue weighted by Gasteiger charge is 2.23. The molecule has 3 nitrogen and oxygen atoms in total. The third kappa shape index (κ3) is 2.97. The van der Waals surface area contributed by atoms with Gasteiger partial charge in [-0.2, -0.15) is 0 Å². The number of aryl methyl sites for hydroxylation is 1. The number of rotatable bonds is 3. The molecule has 1 aromatic carbocycles. The van der Waals surface area contributed by atoms with Crippen LogP contribution in [-0.4, -0.2) is 16.6 Å². The van der Waals surface area contributed by atoms with Crippen LogP contribution in [0.5, 0.6) is 0 Å². The number of esters is 1. The smallest absolute Gasteiger partial charge is 0.329 e. The molecule has 0 aliphatic heterocycles. The van der Waals surface area contributed by atoms with Crippen molar-refractivity contribution in [3.63, 3.8) is 0 Å². The van der Waals surface area contributed by atoms with Gasteiger partial charge in [-0.15, -0.1) is 0 Å². The van der Waals surface area contributed by atoms with Gasteiger partial charge in [0.25, 0.3) is 0 Å². The van der Waals surface area contributed by atoms with Crippen LogP contribution in [0.25, 0.3) is 10.9 Å². The van der Waals surface area contributed by atoms with E-state index >= 15 is 0 Å². The maximum atomic E-state index is 12.4. The third-order valence-electron chi connectivity index (χ3n) is 4.47. The van der Waals surface area contributed by atoms with Crippen LogP contribution in [0.15, 0.2) is 30.5 Å². The summed E-state index contributed by atoms with van der Waals surface area (Å²) in [5.41, 5.74) is 2.33. The summed E-state index contributed by atoms with van der Waals surface area (Å²) in [6.45, 7) is 4.00. The van der Waals surface area contributed by atoms with E-state index in [2.05, 4.69) is 31.2 Å². The zero-order valence-electron chi connectivity index (χ0n) is 12.8. The minimum Gasteiger partial charge on any atom is -0.461 e. The molecule has 3 heteroatoms. The average molecular weight is 285 g/mol. The van der Waals surface area contributed by atoms with E-state index in [1.807, 2.05) is 17.7 Å². The van der Waals surface area contributed by atoms with Gasteiger partial charge in [-0.3, -0.25) is 0 Å². The highest BCUT2D eigenvalue weighted by Crippen LogP contribution is 2.25. The van der Waals surface area contributed by atoms with E-state index in [9.17, 15) is 4.79 Å². The van der Waals surface area contributed by atoms with Gasteiger partial charge in [-0.1, -0.05) is 18.1 Å². The molecule has 0 spiro atoms. The van der Waals surface area contributed by atoms with Crippen molar-refractivity contribution in [3.05, 3.63) is 36.0 Å². The van der Waals surface area contributed by atoms with Crippen molar-refractivity contribution < 1.29 is 9.53 Å². The fourth-order valence-corrected chi connectivity index (χ4v) is 3.18. The molecule has 1 fully saturated rings. The molecule has 1 aromatic heterocycles. The molecule has 0 bridgehead atoms. The average Bonchev–Trinajstić information content (AvgIpc) is 2.90. The van der Waals surface area contributed by atoms with E-state index in [-0.39, 0.29) is 18.1 Å². The Morgan fingerprint density at radius 2 is 2.00 bits per heavy atom. The Bertz CT molecular complexity index is 638. The van der Waals surface area contributed by atoms with Gasteiger partial charge in [0.05, 0.1) is 0 Å². The zero-order valence-corrected chi connectivity index (χ0v) is 12.8. The molecule has 1 aliphatic carbocycles. The molecular weight excluding hydrogens is 262 g/mol. The van der Waals surface area contributed by atoms with E-state index in [1.165, 1.54) is 30.2 Å². The first-order valence-electron chi connectivity index (χ1n) is 7.93. The Morgan fingerprint density at radius 3 is 2.76 bits per heavy atom. The maximum Gasteiger partial charge on any atom is 0.329 e. The number of fused-ring (bicyclic) bond motifs is 1. The molecule has 0 N–H and O–H groups in total. The van der Waals surface area contributed by atoms with Crippen LogP contribution < -0.4 is 0 Å². The molecule has 0 radical (unpaired) electrons. The third-order valence-corrected chi connectivity index (χ3v) is 4.47. The van der Waals surface area contributed by atoms with E-state index < -0.39 is 0 Å². The number of nitrogens with zero attached hydrogens (tertiary/aromatic N) is 1. The molecular formula is C18H23NO2. The summed E-state index contributed by atoms with van der Waals surface area (Å²) in [7, 11) is 0. The number of hydrogen-bond acceptors (Lipinski definition) is 2. The quantitative estimate of drug-likeness (QED) is 0.783. The normalized spacial score (nSPS) is 17.8. The van der Waals surface area contributed by atoms with Crippen LogP contribution >= 0.6 is 0 Å². The van der Waals surface area contributed by atoms with Crippen LogP contribution in [0.1, 0.15) is 50.6 Å². The summed E-state index contributed by atoms with van der Waals surface area (Å²) in [5.74, 6) is -0.111. The Balaban J connectivity index is 1.76. The minimum atomic E-state index is -0.271. The van der Waals surface area contributed by atoms with Crippen LogP contribution in [0, 0.1) is 6.92 Å². The number of benzene rings is 1. The van der Waals surface area contributed by atoms with Crippen molar-refractivity contribution in [2.45, 2.75) is 58.1 Å². The molecule has 21 heavy (non-hydrogen) atoms. The summed E-state index contributed by atoms with van der Waals surface area (Å²) in [6, 6.07) is 8.09. The maximum absolute atomic E-state index is 12.4. The van der Waals surface area contributed by atoms with Crippen molar-refractivity contribution >= 4 is 16.9 Å². The standard InChI is InChI=1S/C18H23NO2/c1-13-8-9-17-15(12-13)10-11-19(17)14(2)18(20)21-16-6-4-3-5-7-16/h8-12,14,16H,3-7H2,1-2H3. The van der Waals surface area contributed by atoms with Crippen LogP contribution in [0.3, 0.4) is 0 Å². The minimum absolute atomic E-state index is 0.111. The highest BCUT2D eigenvalue weighted by atomic mass is 16.5. The molecule has 1 saturated carbocycles. The lowest BCUT2D eigenvalue weighted by molar-refractivity contribution is -0.153. The molecule has 1 atom stereocenters. The summed E-state index contributed by atoms with van der Waals surface area (Å²) in [4.78, 5) is 12.4. The van der Waals surface area contributed by atoms with E-state index in [1.54, 1.807) is 0 Å². The number of aromatic nitrogens is 1. The van der Waals surface area contributed by atoms with E-state index in [0.29, 0.717) is 0 Å². The zero-order chi connectivity index (χ0) is 14.8. The van der Waals surface area contributed by atoms with Crippen molar-refractivity contribution in [1.29, 1.82) is 0 Å². The Morgan fingerprint density at radius 1 is 1.24 bits per heavy atom. The topological polar surface area (TPSA) is 31.2 Å². The molecule has 112 valence electrons. The van der Waals surface area contributed by atoms with Gasteiger partial charge in [-0.05, 0) is 63.1 Å². The monoisotopic (exact) mass is 285 g/mol. The van der Waals surface area contributed by atoms with Gasteiger partial charge in [-0.25, -0.2) is 4.79 Å². The number of carbonyl (C=O) groups is 1. The highest BCUT2D eigenvalue weighted by molar-refractivity contribution is 5.84. The molecule has 1 heterocycles. The van der Waals surface area contributed by atoms with E-state index in [4.69, 9.17) is 4.74 Å². The van der Waals surface area contributed by atoms with Crippen LogP contribution in [0.2, 0.25) is 0 Å². The fourth-order valence-electron chi connectivity index (χ4n) is 3.18. The second-order valence-electron chi connectivity index (χ2n) is 6.16. The van der Waals surface area contributed by atoms with Crippen LogP contribution in [-0.2, 0) is 9.53 Å². The Kier molecular flexibility index (Phi) is 4.00. The number of ether oxygens (including phenoxy) is 1. The molecule has 1 unspecified atom stereocenters. The van der Waals surface area contributed by atoms with Crippen LogP contribution in [0.4, 0.5) is 0 Å². The Labute approximate surface area is 125 Å². The molecule has 0 amide bonds. The SMILES string of the molecule is Cc1ccc2c(ccn2C(C)C(=O)OC2CCCCC2)c1. The second kappa shape index (κ2) is 5.92. The summed E-state index contributed by atoms with van der Waals surface area (Å²) in [6.07, 6.45) is 7.77. The summed E-state index contributed by atoms with van der Waals surface area (Å²) in [5, 5.41) is 1.17. The molecule has 3 rings (SSSR count). The molecule has 1 aliphatic rings. The lowest BCUT2D eigenvalue weighted by Crippen LogP contribution is -2.26. The van der Waals surface area contributed by atoms with Gasteiger partial charge in [0.15, 0.2) is 0 Å². The first-order chi connectivity index (χ1) is 10.1. The number of hydrogen-bond donors (Lipinski definition) is 0. The molecule has 0 saturated heterocycles. The largest absolute Gasteiger partial charge is 0.461 e. The lowest BCUT2D eigenvalue weighted by Gasteiger charge is -2.24. The first kappa shape index (κ1) is 14.2. The van der Waals surface area contributed by atoms with Gasteiger partial charge < -0.3 is 9.30 Å².